The first-order chi connectivity index (χ1) is 18.3. The maximum atomic E-state index is 12.7. The zero-order chi connectivity index (χ0) is 28.8. The van der Waals surface area contributed by atoms with E-state index in [1.165, 1.54) is 31.2 Å². The minimum atomic E-state index is -4.39. The Morgan fingerprint density at radius 3 is 1.49 bits per heavy atom. The lowest BCUT2D eigenvalue weighted by atomic mass is 10.1. The molecule has 4 aromatic rings. The molecule has 5 nitrogen and oxygen atoms in total. The lowest BCUT2D eigenvalue weighted by molar-refractivity contribution is -0.138. The van der Waals surface area contributed by atoms with Crippen LogP contribution in [0.3, 0.4) is 0 Å². The molecule has 0 aliphatic rings. The lowest BCUT2D eigenvalue weighted by Crippen LogP contribution is -2.05. The summed E-state index contributed by atoms with van der Waals surface area (Å²) in [4.78, 5) is 19.4. The van der Waals surface area contributed by atoms with E-state index < -0.39 is 23.5 Å². The van der Waals surface area contributed by atoms with Gasteiger partial charge in [0.15, 0.2) is 5.78 Å². The number of nitrogens with zero attached hydrogens (tertiary/aromatic N) is 3. The van der Waals surface area contributed by atoms with Gasteiger partial charge < -0.3 is 5.21 Å². The highest BCUT2D eigenvalue weighted by Gasteiger charge is 2.31. The third-order valence-electron chi connectivity index (χ3n) is 5.35. The monoisotopic (exact) mass is 545 g/mol. The molecule has 0 saturated carbocycles. The number of carbonyl (C=O) groups excluding carboxylic acids is 1. The van der Waals surface area contributed by atoms with Gasteiger partial charge in [-0.1, -0.05) is 41.6 Å². The number of ketones is 1. The number of halogens is 6. The van der Waals surface area contributed by atoms with Crippen molar-refractivity contribution < 1.29 is 36.3 Å². The van der Waals surface area contributed by atoms with Crippen LogP contribution in [0.25, 0.3) is 22.5 Å². The lowest BCUT2D eigenvalue weighted by Gasteiger charge is -2.09. The minimum Gasteiger partial charge on any atom is -0.411 e. The number of alkyl halides is 6. The van der Waals surface area contributed by atoms with Crippen LogP contribution in [0.1, 0.15) is 41.2 Å². The highest BCUT2D eigenvalue weighted by atomic mass is 19.4. The summed E-state index contributed by atoms with van der Waals surface area (Å²) in [6.07, 6.45) is -8.79. The number of oxime groups is 1. The molecule has 0 amide bonds. The molecule has 2 aromatic heterocycles. The van der Waals surface area contributed by atoms with Crippen LogP contribution < -0.4 is 0 Å². The molecule has 0 saturated heterocycles. The number of rotatable bonds is 4. The molecule has 202 valence electrons. The van der Waals surface area contributed by atoms with Gasteiger partial charge in [-0.05, 0) is 55.5 Å². The summed E-state index contributed by atoms with van der Waals surface area (Å²) in [5.41, 5.74) is 0.881. The molecule has 0 fully saturated rings. The van der Waals surface area contributed by atoms with Crippen molar-refractivity contribution in [3.05, 3.63) is 107 Å². The molecule has 0 aliphatic carbocycles. The van der Waals surface area contributed by atoms with Crippen LogP contribution in [0.15, 0.2) is 90.1 Å². The molecule has 2 aromatic carbocycles. The normalized spacial score (nSPS) is 11.9. The van der Waals surface area contributed by atoms with Crippen molar-refractivity contribution in [1.82, 2.24) is 9.97 Å². The Hall–Kier alpha value is -4.54. The Morgan fingerprint density at radius 1 is 0.667 bits per heavy atom. The van der Waals surface area contributed by atoms with E-state index in [2.05, 4.69) is 15.1 Å². The Morgan fingerprint density at radius 2 is 1.08 bits per heavy atom. The zero-order valence-corrected chi connectivity index (χ0v) is 20.5. The van der Waals surface area contributed by atoms with Gasteiger partial charge in [0.1, 0.15) is 11.4 Å². The second-order valence-electron chi connectivity index (χ2n) is 8.21. The van der Waals surface area contributed by atoms with Gasteiger partial charge in [0.05, 0.1) is 28.2 Å². The molecule has 2 heterocycles. The van der Waals surface area contributed by atoms with Crippen LogP contribution in [-0.4, -0.2) is 26.7 Å². The summed E-state index contributed by atoms with van der Waals surface area (Å²) in [7, 11) is 0. The van der Waals surface area contributed by atoms with Gasteiger partial charge in [-0.25, -0.2) is 9.97 Å². The summed E-state index contributed by atoms with van der Waals surface area (Å²) in [6, 6.07) is 19.4. The first-order valence-corrected chi connectivity index (χ1v) is 11.3. The van der Waals surface area contributed by atoms with E-state index in [-0.39, 0.29) is 11.5 Å². The highest BCUT2D eigenvalue weighted by molar-refractivity contribution is 5.96. The fourth-order valence-corrected chi connectivity index (χ4v) is 3.35. The minimum absolute atomic E-state index is 0.228. The molecule has 39 heavy (non-hydrogen) atoms. The molecule has 0 unspecified atom stereocenters. The van der Waals surface area contributed by atoms with Crippen LogP contribution in [0.5, 0.6) is 0 Å². The number of benzene rings is 2. The average Bonchev–Trinajstić information content (AvgIpc) is 2.92. The van der Waals surface area contributed by atoms with Crippen molar-refractivity contribution >= 4 is 11.5 Å². The van der Waals surface area contributed by atoms with Crippen molar-refractivity contribution in [3.8, 4) is 22.5 Å². The largest absolute Gasteiger partial charge is 0.416 e. The third kappa shape index (κ3) is 7.73. The molecule has 1 N–H and O–H groups in total. The van der Waals surface area contributed by atoms with E-state index in [1.54, 1.807) is 43.3 Å². The van der Waals surface area contributed by atoms with Crippen LogP contribution in [0, 0.1) is 0 Å². The Kier molecular flexibility index (Phi) is 8.85. The quantitative estimate of drug-likeness (QED) is 0.0929. The number of Topliss-reactive ketones (excluding diaryl/α,β-unsaturated/α-hetero) is 1. The standard InChI is InChI=1S/C14H11F3N2O.C14H10F3NO/c1-9(19-20)12-6-3-7-13(18-12)10-4-2-5-11(8-10)14(15,16)17;1-9(19)12-6-3-7-13(18-12)10-4-2-5-11(8-10)14(15,16)17/h2-8,20H,1H3;2-8H,1H3/b19-9-;. The maximum absolute atomic E-state index is 12.7. The van der Waals surface area contributed by atoms with Gasteiger partial charge in [0.25, 0.3) is 0 Å². The predicted molar refractivity (Wildman–Crippen MR) is 133 cm³/mol. The van der Waals surface area contributed by atoms with Crippen LogP contribution in [0.4, 0.5) is 26.3 Å². The smallest absolute Gasteiger partial charge is 0.411 e. The number of hydrogen-bond donors (Lipinski definition) is 1. The number of pyridine rings is 2. The van der Waals surface area contributed by atoms with Crippen molar-refractivity contribution in [3.63, 3.8) is 0 Å². The van der Waals surface area contributed by atoms with E-state index in [0.717, 1.165) is 24.3 Å². The summed E-state index contributed by atoms with van der Waals surface area (Å²) >= 11 is 0. The SMILES string of the molecule is C/C(=N/O)c1cccc(-c2cccc(C(F)(F)F)c2)n1.CC(=O)c1cccc(-c2cccc(C(F)(F)F)c2)n1. The average molecular weight is 545 g/mol. The zero-order valence-electron chi connectivity index (χ0n) is 20.5. The van der Waals surface area contributed by atoms with Gasteiger partial charge in [0.2, 0.25) is 0 Å². The molecule has 0 bridgehead atoms. The second kappa shape index (κ2) is 11.9. The summed E-state index contributed by atoms with van der Waals surface area (Å²) in [5.74, 6) is -0.228. The molecule has 4 rings (SSSR count). The first-order valence-electron chi connectivity index (χ1n) is 11.3. The topological polar surface area (TPSA) is 75.4 Å². The van der Waals surface area contributed by atoms with Gasteiger partial charge >= 0.3 is 12.4 Å². The molecule has 11 heteroatoms. The number of aromatic nitrogens is 2. The maximum Gasteiger partial charge on any atom is 0.416 e. The fraction of sp³-hybridized carbons (Fsp3) is 0.143. The highest BCUT2D eigenvalue weighted by Crippen LogP contribution is 2.32. The van der Waals surface area contributed by atoms with E-state index in [0.29, 0.717) is 33.9 Å². The second-order valence-corrected chi connectivity index (χ2v) is 8.21. The van der Waals surface area contributed by atoms with Gasteiger partial charge in [-0.15, -0.1) is 0 Å². The van der Waals surface area contributed by atoms with E-state index in [1.807, 2.05) is 0 Å². The Bertz CT molecular complexity index is 1500. The third-order valence-corrected chi connectivity index (χ3v) is 5.35. The summed E-state index contributed by atoms with van der Waals surface area (Å²) < 4.78 is 75.9. The molecular weight excluding hydrogens is 524 g/mol. The Balaban J connectivity index is 0.000000216. The molecule has 0 atom stereocenters. The predicted octanol–water partition coefficient (Wildman–Crippen LogP) is 7.94. The number of carbonyl (C=O) groups is 1. The summed E-state index contributed by atoms with van der Waals surface area (Å²) in [6.45, 7) is 2.91. The summed E-state index contributed by atoms with van der Waals surface area (Å²) in [5, 5.41) is 11.7. The van der Waals surface area contributed by atoms with E-state index in [4.69, 9.17) is 5.21 Å². The van der Waals surface area contributed by atoms with Crippen molar-refractivity contribution in [2.45, 2.75) is 26.2 Å². The molecular formula is C28H21F6N3O2. The molecule has 0 aliphatic heterocycles. The fourth-order valence-electron chi connectivity index (χ4n) is 3.35. The van der Waals surface area contributed by atoms with Crippen molar-refractivity contribution in [1.29, 1.82) is 0 Å². The molecule has 0 spiro atoms. The molecule has 0 radical (unpaired) electrons. The first kappa shape index (κ1) is 29.0. The van der Waals surface area contributed by atoms with Crippen molar-refractivity contribution in [2.24, 2.45) is 5.16 Å². The van der Waals surface area contributed by atoms with Crippen LogP contribution in [-0.2, 0) is 12.4 Å². The van der Waals surface area contributed by atoms with Crippen molar-refractivity contribution in [2.75, 3.05) is 0 Å². The Labute approximate surface area is 219 Å². The number of hydrogen-bond acceptors (Lipinski definition) is 5. The van der Waals surface area contributed by atoms with Gasteiger partial charge in [-0.2, -0.15) is 26.3 Å². The van der Waals surface area contributed by atoms with Gasteiger partial charge in [-0.3, -0.25) is 4.79 Å². The van der Waals surface area contributed by atoms with Crippen LogP contribution >= 0.6 is 0 Å². The van der Waals surface area contributed by atoms with Crippen LogP contribution in [0.2, 0.25) is 0 Å². The van der Waals surface area contributed by atoms with E-state index in [9.17, 15) is 31.1 Å². The van der Waals surface area contributed by atoms with E-state index >= 15 is 0 Å². The van der Waals surface area contributed by atoms with Gasteiger partial charge in [0, 0.05) is 18.1 Å².